The fourth-order valence-electron chi connectivity index (χ4n) is 9.82. The zero-order valence-corrected chi connectivity index (χ0v) is 34.0. The zero-order valence-electron chi connectivity index (χ0n) is 34.0. The molecule has 10 aromatic carbocycles. The molecule has 0 amide bonds. The summed E-state index contributed by atoms with van der Waals surface area (Å²) in [5.74, 6) is 0. The number of nitrogens with zero attached hydrogens (tertiary/aromatic N) is 1. The molecule has 1 aliphatic rings. The van der Waals surface area contributed by atoms with Crippen molar-refractivity contribution in [3.8, 4) is 55.6 Å². The highest BCUT2D eigenvalue weighted by molar-refractivity contribution is 6.09. The fraction of sp³-hybridized carbons (Fsp3) is 0.0333. The van der Waals surface area contributed by atoms with Crippen LogP contribution in [0.15, 0.2) is 243 Å². The van der Waals surface area contributed by atoms with Gasteiger partial charge in [-0.3, -0.25) is 0 Å². The molecular weight excluding hydrogens is 735 g/mol. The van der Waals surface area contributed by atoms with E-state index < -0.39 is 0 Å². The Bertz CT molecular complexity index is 3180. The Balaban J connectivity index is 1.13. The van der Waals surface area contributed by atoms with E-state index in [0.717, 1.165) is 17.1 Å². The highest BCUT2D eigenvalue weighted by Crippen LogP contribution is 2.54. The molecule has 10 aromatic rings. The smallest absolute Gasteiger partial charge is 0.0540 e. The summed E-state index contributed by atoms with van der Waals surface area (Å²) < 4.78 is 0. The van der Waals surface area contributed by atoms with Gasteiger partial charge in [-0.15, -0.1) is 0 Å². The van der Waals surface area contributed by atoms with Gasteiger partial charge in [0, 0.05) is 22.2 Å². The Kier molecular flexibility index (Phi) is 9.02. The summed E-state index contributed by atoms with van der Waals surface area (Å²) >= 11 is 0. The number of fused-ring (bicyclic) bond motifs is 4. The molecule has 288 valence electrons. The van der Waals surface area contributed by atoms with Crippen LogP contribution in [-0.4, -0.2) is 0 Å². The van der Waals surface area contributed by atoms with E-state index in [4.69, 9.17) is 0 Å². The molecular formula is C60H43N. The number of para-hydroxylation sites is 2. The molecule has 1 atom stereocenters. The Morgan fingerprint density at radius 3 is 1.51 bits per heavy atom. The van der Waals surface area contributed by atoms with Crippen molar-refractivity contribution in [2.45, 2.75) is 12.3 Å². The standard InChI is InChI=1S/C60H43N/c1-60(47-25-9-4-10-26-47)55-32-14-11-28-51(55)52-40-37-46(41-56(52)60)49-27-12-15-33-57(49)61(48-38-35-43(36-39-48)42-19-5-2-6-20-42)58-34-16-13-29-53(58)54-31-18-24-45-23-17-30-50(59(45)54)44-21-7-3-8-22-44/h2-41H,1H3. The highest BCUT2D eigenvalue weighted by Gasteiger charge is 2.40. The lowest BCUT2D eigenvalue weighted by Gasteiger charge is -2.31. The van der Waals surface area contributed by atoms with Gasteiger partial charge in [0.2, 0.25) is 0 Å². The molecule has 1 unspecified atom stereocenters. The molecule has 0 saturated heterocycles. The van der Waals surface area contributed by atoms with Gasteiger partial charge < -0.3 is 4.90 Å². The van der Waals surface area contributed by atoms with E-state index in [0.29, 0.717) is 0 Å². The van der Waals surface area contributed by atoms with Gasteiger partial charge in [-0.1, -0.05) is 212 Å². The molecule has 0 aliphatic heterocycles. The fourth-order valence-corrected chi connectivity index (χ4v) is 9.82. The van der Waals surface area contributed by atoms with Crippen molar-refractivity contribution in [3.63, 3.8) is 0 Å². The summed E-state index contributed by atoms with van der Waals surface area (Å²) in [6.45, 7) is 2.40. The second-order valence-electron chi connectivity index (χ2n) is 16.2. The van der Waals surface area contributed by atoms with Crippen molar-refractivity contribution in [1.29, 1.82) is 0 Å². The Morgan fingerprint density at radius 1 is 0.311 bits per heavy atom. The average Bonchev–Trinajstić information content (AvgIpc) is 3.60. The molecule has 0 radical (unpaired) electrons. The van der Waals surface area contributed by atoms with Gasteiger partial charge in [-0.05, 0) is 109 Å². The highest BCUT2D eigenvalue weighted by atomic mass is 15.1. The lowest BCUT2D eigenvalue weighted by Crippen LogP contribution is -2.22. The van der Waals surface area contributed by atoms with E-state index >= 15 is 0 Å². The van der Waals surface area contributed by atoms with E-state index in [9.17, 15) is 0 Å². The van der Waals surface area contributed by atoms with E-state index in [2.05, 4.69) is 254 Å². The summed E-state index contributed by atoms with van der Waals surface area (Å²) in [5.41, 5.74) is 19.1. The van der Waals surface area contributed by atoms with Crippen LogP contribution < -0.4 is 4.90 Å². The molecule has 11 rings (SSSR count). The number of hydrogen-bond donors (Lipinski definition) is 0. The predicted octanol–water partition coefficient (Wildman–Crippen LogP) is 16.3. The van der Waals surface area contributed by atoms with Crippen LogP contribution in [0.2, 0.25) is 0 Å². The van der Waals surface area contributed by atoms with Gasteiger partial charge >= 0.3 is 0 Å². The second-order valence-corrected chi connectivity index (χ2v) is 16.2. The summed E-state index contributed by atoms with van der Waals surface area (Å²) in [6, 6.07) is 88.8. The summed E-state index contributed by atoms with van der Waals surface area (Å²) in [4.78, 5) is 2.47. The van der Waals surface area contributed by atoms with Crippen molar-refractivity contribution < 1.29 is 0 Å². The molecule has 1 aliphatic carbocycles. The average molecular weight is 778 g/mol. The van der Waals surface area contributed by atoms with E-state index in [1.165, 1.54) is 83.1 Å². The third kappa shape index (κ3) is 6.17. The monoisotopic (exact) mass is 777 g/mol. The van der Waals surface area contributed by atoms with Crippen molar-refractivity contribution in [1.82, 2.24) is 0 Å². The SMILES string of the molecule is CC1(c2ccccc2)c2ccccc2-c2ccc(-c3ccccc3N(c3ccc(-c4ccccc4)cc3)c3ccccc3-c3cccc4cccc(-c5ccccc5)c34)cc21. The Labute approximate surface area is 358 Å². The molecule has 0 bridgehead atoms. The minimum absolute atomic E-state index is 0.303. The normalized spacial score (nSPS) is 14.0. The second kappa shape index (κ2) is 15.1. The number of hydrogen-bond acceptors (Lipinski definition) is 1. The van der Waals surface area contributed by atoms with E-state index in [1.807, 2.05) is 0 Å². The van der Waals surface area contributed by atoms with Crippen LogP contribution in [0.25, 0.3) is 66.4 Å². The third-order valence-electron chi connectivity index (χ3n) is 12.8. The Morgan fingerprint density at radius 2 is 0.803 bits per heavy atom. The first-order valence-electron chi connectivity index (χ1n) is 21.2. The van der Waals surface area contributed by atoms with Crippen LogP contribution in [0.1, 0.15) is 23.6 Å². The van der Waals surface area contributed by atoms with Crippen LogP contribution in [0.4, 0.5) is 17.1 Å². The molecule has 0 N–H and O–H groups in total. The van der Waals surface area contributed by atoms with Gasteiger partial charge in [-0.25, -0.2) is 0 Å². The largest absolute Gasteiger partial charge is 0.309 e. The number of benzene rings is 10. The molecule has 0 aromatic heterocycles. The van der Waals surface area contributed by atoms with Crippen LogP contribution in [-0.2, 0) is 5.41 Å². The maximum Gasteiger partial charge on any atom is 0.0540 e. The van der Waals surface area contributed by atoms with Crippen molar-refractivity contribution in [2.75, 3.05) is 4.90 Å². The maximum atomic E-state index is 2.47. The van der Waals surface area contributed by atoms with Gasteiger partial charge in [0.1, 0.15) is 0 Å². The van der Waals surface area contributed by atoms with Crippen molar-refractivity contribution in [3.05, 3.63) is 259 Å². The summed E-state index contributed by atoms with van der Waals surface area (Å²) in [6.07, 6.45) is 0. The molecule has 0 fully saturated rings. The van der Waals surface area contributed by atoms with Crippen LogP contribution in [0.5, 0.6) is 0 Å². The van der Waals surface area contributed by atoms with Crippen LogP contribution >= 0.6 is 0 Å². The van der Waals surface area contributed by atoms with Crippen LogP contribution in [0, 0.1) is 0 Å². The van der Waals surface area contributed by atoms with Crippen LogP contribution in [0.3, 0.4) is 0 Å². The first-order valence-corrected chi connectivity index (χ1v) is 21.2. The van der Waals surface area contributed by atoms with Gasteiger partial charge in [0.05, 0.1) is 11.4 Å². The first kappa shape index (κ1) is 36.3. The molecule has 0 heterocycles. The van der Waals surface area contributed by atoms with Gasteiger partial charge in [0.15, 0.2) is 0 Å². The maximum absolute atomic E-state index is 2.47. The first-order chi connectivity index (χ1) is 30.2. The van der Waals surface area contributed by atoms with Gasteiger partial charge in [0.25, 0.3) is 0 Å². The topological polar surface area (TPSA) is 3.24 Å². The quantitative estimate of drug-likeness (QED) is 0.149. The van der Waals surface area contributed by atoms with Crippen molar-refractivity contribution in [2.24, 2.45) is 0 Å². The number of anilines is 3. The van der Waals surface area contributed by atoms with E-state index in [-0.39, 0.29) is 5.41 Å². The minimum Gasteiger partial charge on any atom is -0.309 e. The lowest BCUT2D eigenvalue weighted by molar-refractivity contribution is 0.714. The molecule has 0 saturated carbocycles. The molecule has 61 heavy (non-hydrogen) atoms. The molecule has 1 heteroatoms. The van der Waals surface area contributed by atoms with Crippen molar-refractivity contribution >= 4 is 27.8 Å². The molecule has 0 spiro atoms. The lowest BCUT2D eigenvalue weighted by atomic mass is 9.74. The number of rotatable bonds is 8. The van der Waals surface area contributed by atoms with E-state index in [1.54, 1.807) is 0 Å². The zero-order chi connectivity index (χ0) is 40.8. The summed E-state index contributed by atoms with van der Waals surface area (Å²) in [5, 5.41) is 2.46. The Hall–Kier alpha value is -7.74. The third-order valence-corrected chi connectivity index (χ3v) is 12.8. The van der Waals surface area contributed by atoms with Gasteiger partial charge in [-0.2, -0.15) is 0 Å². The predicted molar refractivity (Wildman–Crippen MR) is 258 cm³/mol. The summed E-state index contributed by atoms with van der Waals surface area (Å²) in [7, 11) is 0. The minimum atomic E-state index is -0.303. The molecule has 1 nitrogen and oxygen atoms in total.